The Bertz CT molecular complexity index is 391. The number of likely N-dealkylation sites (tertiary alicyclic amines) is 1. The third-order valence-electron chi connectivity index (χ3n) is 4.04. The average Bonchev–Trinajstić information content (AvgIpc) is 2.72. The Morgan fingerprint density at radius 2 is 1.55 bits per heavy atom. The normalized spacial score (nSPS) is 16.0. The maximum atomic E-state index is 12.1. The lowest BCUT2D eigenvalue weighted by Gasteiger charge is -2.20. The molecule has 22 heavy (non-hydrogen) atoms. The SMILES string of the molecule is CC(C)(C)C(=O)CNC(=O)CCCC(=O)N1CCCCCC1. The molecule has 0 aromatic rings. The number of carbonyl (C=O) groups excluding carboxylic acids is 3. The summed E-state index contributed by atoms with van der Waals surface area (Å²) in [5.41, 5.74) is -0.435. The van der Waals surface area contributed by atoms with Gasteiger partial charge < -0.3 is 10.2 Å². The van der Waals surface area contributed by atoms with E-state index in [2.05, 4.69) is 5.32 Å². The summed E-state index contributed by atoms with van der Waals surface area (Å²) in [5, 5.41) is 2.64. The van der Waals surface area contributed by atoms with Gasteiger partial charge in [0, 0.05) is 31.3 Å². The van der Waals surface area contributed by atoms with Crippen molar-refractivity contribution in [2.24, 2.45) is 5.41 Å². The molecule has 1 aliphatic heterocycles. The van der Waals surface area contributed by atoms with Crippen LogP contribution in [0.25, 0.3) is 0 Å². The highest BCUT2D eigenvalue weighted by Crippen LogP contribution is 2.14. The van der Waals surface area contributed by atoms with Gasteiger partial charge in [-0.25, -0.2) is 0 Å². The van der Waals surface area contributed by atoms with E-state index in [1.54, 1.807) is 0 Å². The molecule has 0 aromatic carbocycles. The van der Waals surface area contributed by atoms with Crippen LogP contribution in [0.4, 0.5) is 0 Å². The van der Waals surface area contributed by atoms with Crippen LogP contribution in [0.5, 0.6) is 0 Å². The molecule has 0 bridgehead atoms. The molecule has 0 saturated carbocycles. The second kappa shape index (κ2) is 8.91. The molecule has 5 nitrogen and oxygen atoms in total. The van der Waals surface area contributed by atoms with E-state index in [-0.39, 0.29) is 24.1 Å². The Hall–Kier alpha value is -1.39. The van der Waals surface area contributed by atoms with Gasteiger partial charge in [-0.05, 0) is 19.3 Å². The molecule has 1 saturated heterocycles. The van der Waals surface area contributed by atoms with Crippen molar-refractivity contribution >= 4 is 17.6 Å². The van der Waals surface area contributed by atoms with Crippen LogP contribution < -0.4 is 5.32 Å². The van der Waals surface area contributed by atoms with E-state index >= 15 is 0 Å². The molecule has 1 fully saturated rings. The summed E-state index contributed by atoms with van der Waals surface area (Å²) < 4.78 is 0. The van der Waals surface area contributed by atoms with Crippen LogP contribution in [0.2, 0.25) is 0 Å². The number of nitrogens with zero attached hydrogens (tertiary/aromatic N) is 1. The topological polar surface area (TPSA) is 66.5 Å². The predicted molar refractivity (Wildman–Crippen MR) is 86.4 cm³/mol. The zero-order valence-corrected chi connectivity index (χ0v) is 14.2. The molecule has 2 amide bonds. The largest absolute Gasteiger partial charge is 0.349 e. The smallest absolute Gasteiger partial charge is 0.222 e. The monoisotopic (exact) mass is 310 g/mol. The van der Waals surface area contributed by atoms with E-state index in [1.807, 2.05) is 25.7 Å². The quantitative estimate of drug-likeness (QED) is 0.818. The van der Waals surface area contributed by atoms with Gasteiger partial charge in [-0.3, -0.25) is 14.4 Å². The van der Waals surface area contributed by atoms with E-state index in [4.69, 9.17) is 0 Å². The van der Waals surface area contributed by atoms with E-state index < -0.39 is 5.41 Å². The fourth-order valence-electron chi connectivity index (χ4n) is 2.41. The molecule has 0 radical (unpaired) electrons. The number of nitrogens with one attached hydrogen (secondary N) is 1. The average molecular weight is 310 g/mol. The summed E-state index contributed by atoms with van der Waals surface area (Å²) in [6, 6.07) is 0. The molecule has 126 valence electrons. The van der Waals surface area contributed by atoms with Crippen molar-refractivity contribution in [1.29, 1.82) is 0 Å². The third kappa shape index (κ3) is 7.05. The zero-order valence-electron chi connectivity index (χ0n) is 14.2. The molecule has 1 rings (SSSR count). The first-order valence-electron chi connectivity index (χ1n) is 8.38. The van der Waals surface area contributed by atoms with E-state index in [0.29, 0.717) is 19.3 Å². The molecule has 1 N–H and O–H groups in total. The number of rotatable bonds is 6. The van der Waals surface area contributed by atoms with Gasteiger partial charge >= 0.3 is 0 Å². The summed E-state index contributed by atoms with van der Waals surface area (Å²) >= 11 is 0. The number of hydrogen-bond acceptors (Lipinski definition) is 3. The molecule has 0 unspecified atom stereocenters. The first-order chi connectivity index (χ1) is 10.3. The highest BCUT2D eigenvalue weighted by atomic mass is 16.2. The molecular formula is C17H30N2O3. The van der Waals surface area contributed by atoms with Gasteiger partial charge in [0.15, 0.2) is 5.78 Å². The predicted octanol–water partition coefficient (Wildman–Crippen LogP) is 2.29. The molecular weight excluding hydrogens is 280 g/mol. The Kier molecular flexibility index (Phi) is 7.56. The molecule has 0 aromatic heterocycles. The lowest BCUT2D eigenvalue weighted by molar-refractivity contribution is -0.132. The van der Waals surface area contributed by atoms with Crippen LogP contribution in [-0.4, -0.2) is 42.1 Å². The second-order valence-electron chi connectivity index (χ2n) is 7.10. The highest BCUT2D eigenvalue weighted by Gasteiger charge is 2.21. The minimum atomic E-state index is -0.435. The van der Waals surface area contributed by atoms with Crippen molar-refractivity contribution in [2.45, 2.75) is 65.7 Å². The molecule has 0 spiro atoms. The van der Waals surface area contributed by atoms with Crippen LogP contribution in [0.3, 0.4) is 0 Å². The van der Waals surface area contributed by atoms with E-state index in [9.17, 15) is 14.4 Å². The van der Waals surface area contributed by atoms with Gasteiger partial charge in [0.25, 0.3) is 0 Å². The number of hydrogen-bond donors (Lipinski definition) is 1. The number of carbonyl (C=O) groups is 3. The number of amides is 2. The zero-order chi connectivity index (χ0) is 16.6. The van der Waals surface area contributed by atoms with Crippen molar-refractivity contribution in [3.05, 3.63) is 0 Å². The molecule has 5 heteroatoms. The van der Waals surface area contributed by atoms with Crippen molar-refractivity contribution < 1.29 is 14.4 Å². The van der Waals surface area contributed by atoms with Gasteiger partial charge in [0.2, 0.25) is 11.8 Å². The second-order valence-corrected chi connectivity index (χ2v) is 7.10. The van der Waals surface area contributed by atoms with E-state index in [1.165, 1.54) is 12.8 Å². The van der Waals surface area contributed by atoms with Crippen molar-refractivity contribution in [1.82, 2.24) is 10.2 Å². The number of Topliss-reactive ketones (excluding diaryl/α,β-unsaturated/α-hetero) is 1. The van der Waals surface area contributed by atoms with Crippen molar-refractivity contribution in [2.75, 3.05) is 19.6 Å². The van der Waals surface area contributed by atoms with Crippen molar-refractivity contribution in [3.63, 3.8) is 0 Å². The Morgan fingerprint density at radius 3 is 2.09 bits per heavy atom. The minimum Gasteiger partial charge on any atom is -0.349 e. The van der Waals surface area contributed by atoms with Crippen LogP contribution >= 0.6 is 0 Å². The maximum absolute atomic E-state index is 12.1. The van der Waals surface area contributed by atoms with Gasteiger partial charge in [-0.15, -0.1) is 0 Å². The summed E-state index contributed by atoms with van der Waals surface area (Å²) in [4.78, 5) is 37.4. The summed E-state index contributed by atoms with van der Waals surface area (Å²) in [6.07, 6.45) is 5.84. The standard InChI is InChI=1S/C17H30N2O3/c1-17(2,3)14(20)13-18-15(21)9-8-10-16(22)19-11-6-4-5-7-12-19/h4-13H2,1-3H3,(H,18,21). The van der Waals surface area contributed by atoms with Crippen molar-refractivity contribution in [3.8, 4) is 0 Å². The molecule has 0 aliphatic carbocycles. The first kappa shape index (κ1) is 18.7. The fraction of sp³-hybridized carbons (Fsp3) is 0.824. The Morgan fingerprint density at radius 1 is 0.955 bits per heavy atom. The molecule has 0 atom stereocenters. The Balaban J connectivity index is 2.19. The van der Waals surface area contributed by atoms with Gasteiger partial charge in [0.05, 0.1) is 6.54 Å². The number of ketones is 1. The molecule has 1 aliphatic rings. The van der Waals surface area contributed by atoms with Crippen LogP contribution in [0, 0.1) is 5.41 Å². The van der Waals surface area contributed by atoms with Gasteiger partial charge in [-0.1, -0.05) is 33.6 Å². The molecule has 1 heterocycles. The third-order valence-corrected chi connectivity index (χ3v) is 4.04. The van der Waals surface area contributed by atoms with Crippen LogP contribution in [0.1, 0.15) is 65.7 Å². The van der Waals surface area contributed by atoms with Gasteiger partial charge in [-0.2, -0.15) is 0 Å². The summed E-state index contributed by atoms with van der Waals surface area (Å²) in [7, 11) is 0. The van der Waals surface area contributed by atoms with Crippen LogP contribution in [-0.2, 0) is 14.4 Å². The first-order valence-corrected chi connectivity index (χ1v) is 8.38. The lowest BCUT2D eigenvalue weighted by atomic mass is 9.91. The Labute approximate surface area is 133 Å². The lowest BCUT2D eigenvalue weighted by Crippen LogP contribution is -2.35. The maximum Gasteiger partial charge on any atom is 0.222 e. The van der Waals surface area contributed by atoms with Gasteiger partial charge in [0.1, 0.15) is 0 Å². The highest BCUT2D eigenvalue weighted by molar-refractivity contribution is 5.89. The summed E-state index contributed by atoms with van der Waals surface area (Å²) in [6.45, 7) is 7.28. The fourth-order valence-corrected chi connectivity index (χ4v) is 2.41. The minimum absolute atomic E-state index is 0.0153. The van der Waals surface area contributed by atoms with E-state index in [0.717, 1.165) is 25.9 Å². The van der Waals surface area contributed by atoms with Crippen LogP contribution in [0.15, 0.2) is 0 Å². The summed E-state index contributed by atoms with van der Waals surface area (Å²) in [5.74, 6) is 0.0169.